The fraction of sp³-hybridized carbons (Fsp3) is 0.259. The second-order valence-electron chi connectivity index (χ2n) is 8.42. The molecular formula is C27H29N5O3S. The van der Waals surface area contributed by atoms with Gasteiger partial charge in [-0.25, -0.2) is 0 Å². The van der Waals surface area contributed by atoms with Gasteiger partial charge in [0, 0.05) is 17.3 Å². The third-order valence-corrected chi connectivity index (χ3v) is 6.01. The Hall–Kier alpha value is -3.98. The topological polar surface area (TPSA) is 90.3 Å². The van der Waals surface area contributed by atoms with Crippen molar-refractivity contribution < 1.29 is 14.3 Å². The van der Waals surface area contributed by atoms with Gasteiger partial charge in [0.25, 0.3) is 5.91 Å². The molecule has 1 heterocycles. The number of hydrogen-bond acceptors (Lipinski definition) is 6. The molecule has 0 bridgehead atoms. The fourth-order valence-electron chi connectivity index (χ4n) is 3.76. The monoisotopic (exact) mass is 503 g/mol. The molecule has 3 aromatic carbocycles. The molecule has 9 heteroatoms. The van der Waals surface area contributed by atoms with Gasteiger partial charge in [-0.15, -0.1) is 10.2 Å². The maximum Gasteiger partial charge on any atom is 0.257 e. The largest absolute Gasteiger partial charge is 0.497 e. The third-order valence-electron chi connectivity index (χ3n) is 5.80. The van der Waals surface area contributed by atoms with E-state index >= 15 is 0 Å². The number of ether oxygens (including phenoxy) is 2. The molecular weight excluding hydrogens is 474 g/mol. The van der Waals surface area contributed by atoms with Crippen LogP contribution in [0.1, 0.15) is 41.3 Å². The number of hydrogen-bond donors (Lipinski definition) is 2. The first-order valence-corrected chi connectivity index (χ1v) is 12.1. The lowest BCUT2D eigenvalue weighted by Crippen LogP contribution is -2.34. The molecule has 0 unspecified atom stereocenters. The molecule has 0 fully saturated rings. The molecule has 8 nitrogen and oxygen atoms in total. The van der Waals surface area contributed by atoms with Gasteiger partial charge in [0.1, 0.15) is 22.5 Å². The van der Waals surface area contributed by atoms with Gasteiger partial charge in [-0.3, -0.25) is 10.1 Å². The smallest absolute Gasteiger partial charge is 0.257 e. The summed E-state index contributed by atoms with van der Waals surface area (Å²) >= 11 is 5.39. The van der Waals surface area contributed by atoms with Gasteiger partial charge < -0.3 is 14.8 Å². The number of carbonyl (C=O) groups is 1. The zero-order chi connectivity index (χ0) is 25.7. The number of nitrogens with one attached hydrogen (secondary N) is 2. The summed E-state index contributed by atoms with van der Waals surface area (Å²) in [5, 5.41) is 15.2. The van der Waals surface area contributed by atoms with Crippen LogP contribution >= 0.6 is 12.2 Å². The van der Waals surface area contributed by atoms with E-state index in [0.29, 0.717) is 22.6 Å². The van der Waals surface area contributed by atoms with Gasteiger partial charge in [0.05, 0.1) is 19.9 Å². The summed E-state index contributed by atoms with van der Waals surface area (Å²) in [6.07, 6.45) is 3.42. The predicted molar refractivity (Wildman–Crippen MR) is 145 cm³/mol. The van der Waals surface area contributed by atoms with Crippen LogP contribution in [-0.2, 0) is 6.42 Å². The van der Waals surface area contributed by atoms with Crippen molar-refractivity contribution in [2.45, 2.75) is 33.1 Å². The predicted octanol–water partition coefficient (Wildman–Crippen LogP) is 5.22. The molecule has 36 heavy (non-hydrogen) atoms. The van der Waals surface area contributed by atoms with E-state index in [-0.39, 0.29) is 11.0 Å². The lowest BCUT2D eigenvalue weighted by Gasteiger charge is -2.12. The van der Waals surface area contributed by atoms with Crippen molar-refractivity contribution in [3.8, 4) is 17.2 Å². The van der Waals surface area contributed by atoms with Crippen molar-refractivity contribution in [2.24, 2.45) is 0 Å². The molecule has 4 aromatic rings. The van der Waals surface area contributed by atoms with Gasteiger partial charge in [0.2, 0.25) is 0 Å². The van der Waals surface area contributed by atoms with E-state index in [1.807, 2.05) is 31.2 Å². The van der Waals surface area contributed by atoms with Crippen LogP contribution in [0.25, 0.3) is 16.7 Å². The number of rotatable bonds is 8. The molecule has 0 aliphatic rings. The van der Waals surface area contributed by atoms with Crippen molar-refractivity contribution in [3.05, 3.63) is 71.3 Å². The number of aryl methyl sites for hydroxylation is 2. The highest BCUT2D eigenvalue weighted by molar-refractivity contribution is 7.80. The zero-order valence-corrected chi connectivity index (χ0v) is 21.6. The van der Waals surface area contributed by atoms with Gasteiger partial charge in [-0.1, -0.05) is 25.5 Å². The normalized spacial score (nSPS) is 10.8. The van der Waals surface area contributed by atoms with E-state index in [2.05, 4.69) is 39.9 Å². The van der Waals surface area contributed by atoms with E-state index in [1.54, 1.807) is 23.0 Å². The highest BCUT2D eigenvalue weighted by Crippen LogP contribution is 2.24. The number of nitrogens with zero attached hydrogens (tertiary/aromatic N) is 3. The highest BCUT2D eigenvalue weighted by atomic mass is 32.1. The molecule has 0 saturated heterocycles. The highest BCUT2D eigenvalue weighted by Gasteiger charge is 2.14. The summed E-state index contributed by atoms with van der Waals surface area (Å²) < 4.78 is 10.5. The number of unbranched alkanes of at least 4 members (excludes halogenated alkanes) is 1. The summed E-state index contributed by atoms with van der Waals surface area (Å²) in [4.78, 5) is 14.4. The van der Waals surface area contributed by atoms with Gasteiger partial charge in [-0.05, 0) is 79.5 Å². The Bertz CT molecular complexity index is 1380. The minimum absolute atomic E-state index is 0.166. The Balaban J connectivity index is 1.48. The second kappa shape index (κ2) is 11.2. The van der Waals surface area contributed by atoms with E-state index in [9.17, 15) is 4.79 Å². The first kappa shape index (κ1) is 25.1. The zero-order valence-electron chi connectivity index (χ0n) is 20.8. The Morgan fingerprint density at radius 2 is 1.61 bits per heavy atom. The average molecular weight is 504 g/mol. The maximum atomic E-state index is 12.7. The number of thiocarbonyl (C=S) groups is 1. The minimum atomic E-state index is -0.378. The minimum Gasteiger partial charge on any atom is -0.497 e. The van der Waals surface area contributed by atoms with Gasteiger partial charge in [-0.2, -0.15) is 4.80 Å². The number of aromatic nitrogens is 3. The molecule has 0 saturated carbocycles. The third kappa shape index (κ3) is 5.80. The molecule has 0 spiro atoms. The van der Waals surface area contributed by atoms with Crippen LogP contribution in [-0.4, -0.2) is 40.2 Å². The van der Waals surface area contributed by atoms with E-state index < -0.39 is 0 Å². The summed E-state index contributed by atoms with van der Waals surface area (Å²) in [6.45, 7) is 4.14. The van der Waals surface area contributed by atoms with Crippen molar-refractivity contribution in [1.82, 2.24) is 20.3 Å². The molecule has 1 aromatic heterocycles. The van der Waals surface area contributed by atoms with Crippen molar-refractivity contribution in [1.29, 1.82) is 0 Å². The molecule has 0 atom stereocenters. The summed E-state index contributed by atoms with van der Waals surface area (Å²) in [6, 6.07) is 17.1. The quantitative estimate of drug-likeness (QED) is 0.319. The standard InChI is InChI=1S/C27H29N5O3S/c1-5-6-7-18-8-10-20(11-9-18)32-30-24-12-17(2)23(16-25(24)31-32)28-27(36)29-26(33)19-13-21(34-3)15-22(14-19)35-4/h8-16H,5-7H2,1-4H3,(H2,28,29,33,36). The number of anilines is 1. The average Bonchev–Trinajstić information content (AvgIpc) is 3.30. The van der Waals surface area contributed by atoms with Crippen molar-refractivity contribution in [3.63, 3.8) is 0 Å². The summed E-state index contributed by atoms with van der Waals surface area (Å²) in [5.41, 5.74) is 5.71. The second-order valence-corrected chi connectivity index (χ2v) is 8.83. The van der Waals surface area contributed by atoms with Gasteiger partial charge in [0.15, 0.2) is 5.11 Å². The van der Waals surface area contributed by atoms with Crippen LogP contribution in [0.5, 0.6) is 11.5 Å². The van der Waals surface area contributed by atoms with Crippen LogP contribution < -0.4 is 20.1 Å². The molecule has 0 aliphatic heterocycles. The van der Waals surface area contributed by atoms with Crippen LogP contribution in [0.3, 0.4) is 0 Å². The lowest BCUT2D eigenvalue weighted by molar-refractivity contribution is 0.0977. The SMILES string of the molecule is CCCCc1ccc(-n2nc3cc(C)c(NC(=S)NC(=O)c4cc(OC)cc(OC)c4)cc3n2)cc1. The first-order chi connectivity index (χ1) is 17.4. The molecule has 1 amide bonds. The molecule has 186 valence electrons. The fourth-order valence-corrected chi connectivity index (χ4v) is 3.96. The van der Waals surface area contributed by atoms with Gasteiger partial charge >= 0.3 is 0 Å². The van der Waals surface area contributed by atoms with Crippen LogP contribution in [0.2, 0.25) is 0 Å². The summed E-state index contributed by atoms with van der Waals surface area (Å²) in [7, 11) is 3.06. The molecule has 0 radical (unpaired) electrons. The number of amides is 1. The molecule has 4 rings (SSSR count). The number of methoxy groups -OCH3 is 2. The Labute approximate surface area is 215 Å². The van der Waals surface area contributed by atoms with Crippen molar-refractivity contribution >= 4 is 40.0 Å². The van der Waals surface area contributed by atoms with E-state index in [1.165, 1.54) is 32.6 Å². The number of fused-ring (bicyclic) bond motifs is 1. The van der Waals surface area contributed by atoms with E-state index in [0.717, 1.165) is 28.9 Å². The Morgan fingerprint density at radius 1 is 0.972 bits per heavy atom. The number of benzene rings is 3. The molecule has 0 aliphatic carbocycles. The van der Waals surface area contributed by atoms with Crippen LogP contribution in [0.4, 0.5) is 5.69 Å². The number of carbonyl (C=O) groups excluding carboxylic acids is 1. The van der Waals surface area contributed by atoms with Crippen LogP contribution in [0, 0.1) is 6.92 Å². The van der Waals surface area contributed by atoms with E-state index in [4.69, 9.17) is 21.7 Å². The maximum absolute atomic E-state index is 12.7. The molecule has 2 N–H and O–H groups in total. The Kier molecular flexibility index (Phi) is 7.80. The Morgan fingerprint density at radius 3 is 2.22 bits per heavy atom. The van der Waals surface area contributed by atoms with Crippen LogP contribution in [0.15, 0.2) is 54.6 Å². The lowest BCUT2D eigenvalue weighted by atomic mass is 10.1. The first-order valence-electron chi connectivity index (χ1n) is 11.7. The van der Waals surface area contributed by atoms with Crippen molar-refractivity contribution in [2.75, 3.05) is 19.5 Å². The summed E-state index contributed by atoms with van der Waals surface area (Å²) in [5.74, 6) is 0.647.